The summed E-state index contributed by atoms with van der Waals surface area (Å²) < 4.78 is 1.00. The van der Waals surface area contributed by atoms with Crippen molar-refractivity contribution >= 4 is 27.7 Å². The van der Waals surface area contributed by atoms with Crippen molar-refractivity contribution in [3.63, 3.8) is 0 Å². The van der Waals surface area contributed by atoms with Crippen LogP contribution >= 0.6 is 15.9 Å². The van der Waals surface area contributed by atoms with E-state index in [1.54, 1.807) is 0 Å². The van der Waals surface area contributed by atoms with Crippen LogP contribution in [0.3, 0.4) is 0 Å². The molecule has 0 spiro atoms. The minimum atomic E-state index is -0.209. The Hall–Kier alpha value is -1.36. The molecule has 2 N–H and O–H groups in total. The van der Waals surface area contributed by atoms with E-state index in [-0.39, 0.29) is 18.4 Å². The molecule has 0 radical (unpaired) electrons. The number of halogens is 1. The molecular formula is C11H13BrN2O2. The maximum Gasteiger partial charge on any atom is 0.239 e. The van der Waals surface area contributed by atoms with E-state index < -0.39 is 0 Å². The number of hydrogen-bond acceptors (Lipinski definition) is 2. The molecule has 0 aromatic heterocycles. The highest BCUT2D eigenvalue weighted by Crippen LogP contribution is 2.09. The molecule has 1 aromatic carbocycles. The lowest BCUT2D eigenvalue weighted by Gasteiger charge is -2.05. The molecule has 16 heavy (non-hydrogen) atoms. The van der Waals surface area contributed by atoms with Crippen molar-refractivity contribution in [1.82, 2.24) is 10.6 Å². The largest absolute Gasteiger partial charge is 0.350 e. The predicted octanol–water partition coefficient (Wildman–Crippen LogP) is 1.20. The summed E-state index contributed by atoms with van der Waals surface area (Å²) in [6, 6.07) is 7.66. The summed E-state index contributed by atoms with van der Waals surface area (Å²) in [5, 5.41) is 5.14. The maximum absolute atomic E-state index is 11.3. The summed E-state index contributed by atoms with van der Waals surface area (Å²) in [6.07, 6.45) is 0. The molecule has 1 rings (SSSR count). The second kappa shape index (κ2) is 6.27. The highest BCUT2D eigenvalue weighted by atomic mass is 79.9. The van der Waals surface area contributed by atoms with E-state index in [4.69, 9.17) is 0 Å². The second-order valence-electron chi connectivity index (χ2n) is 3.31. The zero-order valence-electron chi connectivity index (χ0n) is 8.92. The van der Waals surface area contributed by atoms with Gasteiger partial charge in [0.25, 0.3) is 0 Å². The monoisotopic (exact) mass is 284 g/mol. The van der Waals surface area contributed by atoms with Crippen molar-refractivity contribution in [3.05, 3.63) is 34.3 Å². The van der Waals surface area contributed by atoms with Crippen LogP contribution in [0.25, 0.3) is 0 Å². The fraction of sp³-hybridized carbons (Fsp3) is 0.273. The first-order valence-corrected chi connectivity index (χ1v) is 5.63. The van der Waals surface area contributed by atoms with Crippen LogP contribution in [0.2, 0.25) is 0 Å². The molecule has 86 valence electrons. The van der Waals surface area contributed by atoms with Gasteiger partial charge in [-0.05, 0) is 17.7 Å². The van der Waals surface area contributed by atoms with E-state index in [0.717, 1.165) is 10.0 Å². The normalized spacial score (nSPS) is 9.62. The van der Waals surface area contributed by atoms with Crippen molar-refractivity contribution in [2.24, 2.45) is 0 Å². The van der Waals surface area contributed by atoms with Gasteiger partial charge in [0.1, 0.15) is 0 Å². The molecule has 0 aliphatic heterocycles. The molecule has 0 bridgehead atoms. The first-order chi connectivity index (χ1) is 7.58. The first kappa shape index (κ1) is 12.7. The smallest absolute Gasteiger partial charge is 0.239 e. The van der Waals surface area contributed by atoms with Crippen molar-refractivity contribution in [1.29, 1.82) is 0 Å². The SMILES string of the molecule is CC(=O)NCC(=O)NCc1ccc(Br)cc1. The molecule has 0 aliphatic rings. The average molecular weight is 285 g/mol. The van der Waals surface area contributed by atoms with Crippen molar-refractivity contribution in [2.45, 2.75) is 13.5 Å². The van der Waals surface area contributed by atoms with Gasteiger partial charge < -0.3 is 10.6 Å². The van der Waals surface area contributed by atoms with E-state index in [9.17, 15) is 9.59 Å². The Morgan fingerprint density at radius 3 is 2.38 bits per heavy atom. The van der Waals surface area contributed by atoms with Gasteiger partial charge in [-0.1, -0.05) is 28.1 Å². The molecule has 0 unspecified atom stereocenters. The van der Waals surface area contributed by atoms with Crippen LogP contribution in [0.1, 0.15) is 12.5 Å². The molecule has 0 aliphatic carbocycles. The molecule has 2 amide bonds. The highest BCUT2D eigenvalue weighted by molar-refractivity contribution is 9.10. The van der Waals surface area contributed by atoms with Gasteiger partial charge >= 0.3 is 0 Å². The van der Waals surface area contributed by atoms with Gasteiger partial charge in [0.15, 0.2) is 0 Å². The first-order valence-electron chi connectivity index (χ1n) is 4.83. The molecule has 4 nitrogen and oxygen atoms in total. The number of amides is 2. The van der Waals surface area contributed by atoms with Gasteiger partial charge in [0.2, 0.25) is 11.8 Å². The van der Waals surface area contributed by atoms with Crippen LogP contribution < -0.4 is 10.6 Å². The summed E-state index contributed by atoms with van der Waals surface area (Å²) in [6.45, 7) is 1.86. The van der Waals surface area contributed by atoms with E-state index in [0.29, 0.717) is 6.54 Å². The lowest BCUT2D eigenvalue weighted by atomic mass is 10.2. The van der Waals surface area contributed by atoms with Crippen LogP contribution in [0.15, 0.2) is 28.7 Å². The van der Waals surface area contributed by atoms with Gasteiger partial charge in [-0.25, -0.2) is 0 Å². The zero-order valence-corrected chi connectivity index (χ0v) is 10.5. The fourth-order valence-corrected chi connectivity index (χ4v) is 1.33. The van der Waals surface area contributed by atoms with E-state index in [1.165, 1.54) is 6.92 Å². The molecule has 0 fully saturated rings. The lowest BCUT2D eigenvalue weighted by molar-refractivity contribution is -0.125. The number of carbonyl (C=O) groups is 2. The van der Waals surface area contributed by atoms with Crippen molar-refractivity contribution in [2.75, 3.05) is 6.54 Å². The second-order valence-corrected chi connectivity index (χ2v) is 4.23. The number of rotatable bonds is 4. The quantitative estimate of drug-likeness (QED) is 0.873. The van der Waals surface area contributed by atoms with Gasteiger partial charge in [-0.3, -0.25) is 9.59 Å². The van der Waals surface area contributed by atoms with Crippen LogP contribution in [0.5, 0.6) is 0 Å². The van der Waals surface area contributed by atoms with Crippen molar-refractivity contribution in [3.8, 4) is 0 Å². The van der Waals surface area contributed by atoms with E-state index in [1.807, 2.05) is 24.3 Å². The number of carbonyl (C=O) groups excluding carboxylic acids is 2. The Balaban J connectivity index is 2.31. The summed E-state index contributed by atoms with van der Waals surface area (Å²) in [7, 11) is 0. The summed E-state index contributed by atoms with van der Waals surface area (Å²) >= 11 is 3.33. The van der Waals surface area contributed by atoms with Crippen LogP contribution in [0.4, 0.5) is 0 Å². The summed E-state index contributed by atoms with van der Waals surface area (Å²) in [5.74, 6) is -0.406. The average Bonchev–Trinajstić information content (AvgIpc) is 2.25. The minimum absolute atomic E-state index is 0.0197. The third-order valence-corrected chi connectivity index (χ3v) is 2.43. The lowest BCUT2D eigenvalue weighted by Crippen LogP contribution is -2.35. The molecule has 1 aromatic rings. The van der Waals surface area contributed by atoms with Crippen molar-refractivity contribution < 1.29 is 9.59 Å². The number of benzene rings is 1. The summed E-state index contributed by atoms with van der Waals surface area (Å²) in [4.78, 5) is 21.8. The number of nitrogens with one attached hydrogen (secondary N) is 2. The van der Waals surface area contributed by atoms with Crippen LogP contribution in [0, 0.1) is 0 Å². The number of hydrogen-bond donors (Lipinski definition) is 2. The van der Waals surface area contributed by atoms with E-state index in [2.05, 4.69) is 26.6 Å². The minimum Gasteiger partial charge on any atom is -0.350 e. The molecule has 0 saturated heterocycles. The Labute approximate surface area is 103 Å². The van der Waals surface area contributed by atoms with E-state index >= 15 is 0 Å². The standard InChI is InChI=1S/C11H13BrN2O2/c1-8(15)13-7-11(16)14-6-9-2-4-10(12)5-3-9/h2-5H,6-7H2,1H3,(H,13,15)(H,14,16). The Morgan fingerprint density at radius 1 is 1.19 bits per heavy atom. The zero-order chi connectivity index (χ0) is 12.0. The van der Waals surface area contributed by atoms with Gasteiger partial charge in [-0.2, -0.15) is 0 Å². The van der Waals surface area contributed by atoms with Crippen LogP contribution in [-0.4, -0.2) is 18.4 Å². The Bertz CT molecular complexity index is 376. The van der Waals surface area contributed by atoms with Gasteiger partial charge in [-0.15, -0.1) is 0 Å². The predicted molar refractivity (Wildman–Crippen MR) is 64.7 cm³/mol. The Morgan fingerprint density at radius 2 is 1.81 bits per heavy atom. The topological polar surface area (TPSA) is 58.2 Å². The third kappa shape index (κ3) is 4.93. The molecule has 0 atom stereocenters. The van der Waals surface area contributed by atoms with Gasteiger partial charge in [0, 0.05) is 17.9 Å². The maximum atomic E-state index is 11.3. The fourth-order valence-electron chi connectivity index (χ4n) is 1.07. The van der Waals surface area contributed by atoms with Crippen LogP contribution in [-0.2, 0) is 16.1 Å². The molecule has 0 heterocycles. The molecule has 0 saturated carbocycles. The molecule has 5 heteroatoms. The summed E-state index contributed by atoms with van der Waals surface area (Å²) in [5.41, 5.74) is 1.01. The third-order valence-electron chi connectivity index (χ3n) is 1.90. The Kier molecular flexibility index (Phi) is 4.98. The molecular weight excluding hydrogens is 272 g/mol. The highest BCUT2D eigenvalue weighted by Gasteiger charge is 2.01. The van der Waals surface area contributed by atoms with Gasteiger partial charge in [0.05, 0.1) is 6.54 Å².